The zero-order valence-corrected chi connectivity index (χ0v) is 23.3. The Balaban J connectivity index is 1.42. The third kappa shape index (κ3) is 5.77. The summed E-state index contributed by atoms with van der Waals surface area (Å²) in [6.07, 6.45) is 8.36. The molecule has 0 unspecified atom stereocenters. The SMILES string of the molecule is O=C1CC=CC=C1Cn1c(=O)nc(Nc2cc3cn(C4CCOCC4)nc3cc2Cl)n(Cc2cc(F)c(F)c(F)c2)c1=O. The molecule has 14 heteroatoms. The van der Waals surface area contributed by atoms with Crippen LogP contribution >= 0.6 is 11.6 Å². The van der Waals surface area contributed by atoms with Crippen molar-refractivity contribution in [1.29, 1.82) is 0 Å². The Kier molecular flexibility index (Phi) is 7.75. The molecule has 0 radical (unpaired) electrons. The van der Waals surface area contributed by atoms with Gasteiger partial charge >= 0.3 is 11.4 Å². The van der Waals surface area contributed by atoms with Crippen LogP contribution in [0.4, 0.5) is 24.8 Å². The number of halogens is 4. The van der Waals surface area contributed by atoms with Crippen LogP contribution in [0.25, 0.3) is 10.9 Å². The lowest BCUT2D eigenvalue weighted by Crippen LogP contribution is -2.43. The summed E-state index contributed by atoms with van der Waals surface area (Å²) in [6.45, 7) is 0.412. The Hall–Kier alpha value is -4.49. The van der Waals surface area contributed by atoms with Gasteiger partial charge in [-0.1, -0.05) is 29.8 Å². The fourth-order valence-corrected chi connectivity index (χ4v) is 5.30. The molecule has 43 heavy (non-hydrogen) atoms. The van der Waals surface area contributed by atoms with Crippen molar-refractivity contribution in [2.45, 2.75) is 38.4 Å². The van der Waals surface area contributed by atoms with Gasteiger partial charge in [-0.15, -0.1) is 0 Å². The lowest BCUT2D eigenvalue weighted by atomic mass is 10.0. The normalized spacial score (nSPS) is 15.7. The number of allylic oxidation sites excluding steroid dienone is 4. The molecule has 1 fully saturated rings. The lowest BCUT2D eigenvalue weighted by molar-refractivity contribution is -0.115. The summed E-state index contributed by atoms with van der Waals surface area (Å²) in [5.41, 5.74) is -0.869. The molecule has 2 aromatic carbocycles. The number of anilines is 2. The Morgan fingerprint density at radius 2 is 1.74 bits per heavy atom. The van der Waals surface area contributed by atoms with Crippen LogP contribution in [0.5, 0.6) is 0 Å². The van der Waals surface area contributed by atoms with E-state index in [1.165, 1.54) is 6.08 Å². The van der Waals surface area contributed by atoms with Gasteiger partial charge in [-0.3, -0.25) is 14.0 Å². The fourth-order valence-electron chi connectivity index (χ4n) is 5.10. The monoisotopic (exact) mass is 612 g/mol. The molecule has 10 nitrogen and oxygen atoms in total. The highest BCUT2D eigenvalue weighted by Crippen LogP contribution is 2.31. The van der Waals surface area contributed by atoms with Crippen LogP contribution in [0.15, 0.2) is 63.9 Å². The van der Waals surface area contributed by atoms with Crippen molar-refractivity contribution in [3.05, 3.63) is 103 Å². The minimum Gasteiger partial charge on any atom is -0.381 e. The molecule has 0 bridgehead atoms. The molecule has 0 spiro atoms. The maximum Gasteiger partial charge on any atom is 0.355 e. The van der Waals surface area contributed by atoms with Gasteiger partial charge in [0.25, 0.3) is 0 Å². The van der Waals surface area contributed by atoms with Gasteiger partial charge in [0, 0.05) is 36.8 Å². The molecule has 1 saturated heterocycles. The standard InChI is InChI=1S/C29H24ClF3N6O4/c30-20-12-23-18(15-39(36-23)19-5-7-43-8-6-19)11-24(20)34-27-35-28(41)38(14-17-3-1-2-4-25(17)40)29(42)37(27)13-16-9-21(31)26(33)22(32)10-16/h1-3,9-12,15,19H,4-8,13-14H2,(H,34,35,41). The summed E-state index contributed by atoms with van der Waals surface area (Å²) in [5.74, 6) is -5.10. The second-order valence-electron chi connectivity index (χ2n) is 10.3. The minimum atomic E-state index is -1.66. The van der Waals surface area contributed by atoms with E-state index in [-0.39, 0.29) is 52.6 Å². The average Bonchev–Trinajstić information content (AvgIpc) is 3.40. The molecule has 0 saturated carbocycles. The number of nitrogens with zero attached hydrogens (tertiary/aromatic N) is 5. The van der Waals surface area contributed by atoms with Crippen molar-refractivity contribution in [3.8, 4) is 0 Å². The van der Waals surface area contributed by atoms with E-state index < -0.39 is 35.4 Å². The van der Waals surface area contributed by atoms with E-state index in [1.807, 2.05) is 10.9 Å². The van der Waals surface area contributed by atoms with Crippen molar-refractivity contribution in [2.75, 3.05) is 18.5 Å². The Morgan fingerprint density at radius 1 is 1.00 bits per heavy atom. The number of carbonyl (C=O) groups is 1. The van der Waals surface area contributed by atoms with E-state index in [9.17, 15) is 27.6 Å². The van der Waals surface area contributed by atoms with Gasteiger partial charge in [0.2, 0.25) is 5.95 Å². The van der Waals surface area contributed by atoms with Gasteiger partial charge < -0.3 is 10.1 Å². The number of ketones is 1. The average molecular weight is 613 g/mol. The first-order valence-electron chi connectivity index (χ1n) is 13.4. The summed E-state index contributed by atoms with van der Waals surface area (Å²) in [7, 11) is 0. The molecule has 2 aromatic heterocycles. The van der Waals surface area contributed by atoms with Crippen LogP contribution in [0.2, 0.25) is 5.02 Å². The van der Waals surface area contributed by atoms with Crippen LogP contribution < -0.4 is 16.7 Å². The number of hydrogen-bond donors (Lipinski definition) is 1. The third-order valence-corrected chi connectivity index (χ3v) is 7.69. The first-order valence-corrected chi connectivity index (χ1v) is 13.8. The van der Waals surface area contributed by atoms with Crippen molar-refractivity contribution in [2.24, 2.45) is 0 Å². The molecule has 0 amide bonds. The van der Waals surface area contributed by atoms with Gasteiger partial charge in [-0.05, 0) is 42.7 Å². The van der Waals surface area contributed by atoms with Crippen molar-refractivity contribution in [1.82, 2.24) is 23.9 Å². The molecule has 2 aliphatic rings. The molecule has 222 valence electrons. The quantitative estimate of drug-likeness (QED) is 0.307. The molecular weight excluding hydrogens is 589 g/mol. The van der Waals surface area contributed by atoms with E-state index in [1.54, 1.807) is 24.3 Å². The van der Waals surface area contributed by atoms with Crippen molar-refractivity contribution in [3.63, 3.8) is 0 Å². The van der Waals surface area contributed by atoms with Crippen LogP contribution in [-0.2, 0) is 22.6 Å². The predicted octanol–water partition coefficient (Wildman–Crippen LogP) is 4.42. The number of ether oxygens (including phenoxy) is 1. The Labute approximate surface area is 246 Å². The number of fused-ring (bicyclic) bond motifs is 1. The zero-order valence-electron chi connectivity index (χ0n) is 22.5. The maximum absolute atomic E-state index is 14.1. The molecule has 3 heterocycles. The van der Waals surface area contributed by atoms with Gasteiger partial charge in [0.05, 0.1) is 35.4 Å². The second kappa shape index (κ2) is 11.7. The second-order valence-corrected chi connectivity index (χ2v) is 10.7. The van der Waals surface area contributed by atoms with Gasteiger partial charge in [0.15, 0.2) is 23.2 Å². The number of carbonyl (C=O) groups excluding carboxylic acids is 1. The lowest BCUT2D eigenvalue weighted by Gasteiger charge is -2.22. The Bertz CT molecular complexity index is 1920. The third-order valence-electron chi connectivity index (χ3n) is 7.38. The fraction of sp³-hybridized carbons (Fsp3) is 0.276. The van der Waals surface area contributed by atoms with E-state index in [4.69, 9.17) is 16.3 Å². The number of hydrogen-bond acceptors (Lipinski definition) is 7. The summed E-state index contributed by atoms with van der Waals surface area (Å²) in [5, 5.41) is 8.46. The molecule has 1 aliphatic heterocycles. The van der Waals surface area contributed by atoms with Crippen LogP contribution in [0.3, 0.4) is 0 Å². The first-order chi connectivity index (χ1) is 20.7. The smallest absolute Gasteiger partial charge is 0.355 e. The van der Waals surface area contributed by atoms with Crippen LogP contribution in [-0.4, -0.2) is 42.9 Å². The number of rotatable bonds is 7. The van der Waals surface area contributed by atoms with Crippen molar-refractivity contribution >= 4 is 39.9 Å². The van der Waals surface area contributed by atoms with Gasteiger partial charge in [-0.2, -0.15) is 10.1 Å². The van der Waals surface area contributed by atoms with Gasteiger partial charge in [0.1, 0.15) is 0 Å². The van der Waals surface area contributed by atoms with Crippen LogP contribution in [0.1, 0.15) is 30.9 Å². The summed E-state index contributed by atoms with van der Waals surface area (Å²) < 4.78 is 50.7. The highest BCUT2D eigenvalue weighted by atomic mass is 35.5. The first kappa shape index (κ1) is 28.6. The van der Waals surface area contributed by atoms with Crippen LogP contribution in [0, 0.1) is 17.5 Å². The molecule has 1 aliphatic carbocycles. The van der Waals surface area contributed by atoms with E-state index in [0.717, 1.165) is 39.5 Å². The largest absolute Gasteiger partial charge is 0.381 e. The predicted molar refractivity (Wildman–Crippen MR) is 152 cm³/mol. The minimum absolute atomic E-state index is 0.108. The molecule has 6 rings (SSSR count). The number of Topliss-reactive ketones (excluding diaryl/α,β-unsaturated/α-hetero) is 1. The van der Waals surface area contributed by atoms with Gasteiger partial charge in [-0.25, -0.2) is 27.3 Å². The highest BCUT2D eigenvalue weighted by Gasteiger charge is 2.21. The zero-order chi connectivity index (χ0) is 30.2. The van der Waals surface area contributed by atoms with Crippen molar-refractivity contribution < 1.29 is 22.7 Å². The highest BCUT2D eigenvalue weighted by molar-refractivity contribution is 6.34. The number of nitrogens with one attached hydrogen (secondary N) is 1. The maximum atomic E-state index is 14.1. The summed E-state index contributed by atoms with van der Waals surface area (Å²) >= 11 is 6.55. The van der Waals surface area contributed by atoms with E-state index in [0.29, 0.717) is 18.7 Å². The molecule has 0 atom stereocenters. The summed E-state index contributed by atoms with van der Waals surface area (Å²) in [4.78, 5) is 43.1. The molecule has 1 N–H and O–H groups in total. The topological polar surface area (TPSA) is 113 Å². The van der Waals surface area contributed by atoms with E-state index >= 15 is 0 Å². The molecule has 4 aromatic rings. The summed E-state index contributed by atoms with van der Waals surface area (Å²) in [6, 6.07) is 4.95. The Morgan fingerprint density at radius 3 is 2.47 bits per heavy atom. The molecular formula is C29H24ClF3N6O4. The van der Waals surface area contributed by atoms with E-state index in [2.05, 4.69) is 15.4 Å². The number of aromatic nitrogens is 5. The number of benzene rings is 2.